The van der Waals surface area contributed by atoms with Crippen molar-refractivity contribution in [3.05, 3.63) is 143 Å². The molecule has 33 heavy (non-hydrogen) atoms. The normalized spacial score (nSPS) is 16.9. The first-order valence-corrected chi connectivity index (χ1v) is 11.4. The van der Waals surface area contributed by atoms with Crippen molar-refractivity contribution in [2.75, 3.05) is 0 Å². The van der Waals surface area contributed by atoms with Crippen LogP contribution in [0.3, 0.4) is 0 Å². The minimum atomic E-state index is -0.544. The van der Waals surface area contributed by atoms with Gasteiger partial charge in [0.25, 0.3) is 0 Å². The smallest absolute Gasteiger partial charge is 0.123 e. The zero-order valence-electron chi connectivity index (χ0n) is 18.3. The zero-order chi connectivity index (χ0) is 22.2. The standard InChI is InChI=1S/C32H21F/c1-20-14-16-25-26-17-15-22(33)19-30(26)32(29(25)18-20)28-13-6-5-10-24(28)27-12-7-11-23(31(27)32)21-8-3-2-4-9-21/h2-19H,1H3. The van der Waals surface area contributed by atoms with Gasteiger partial charge in [-0.15, -0.1) is 0 Å². The Morgan fingerprint density at radius 3 is 2.00 bits per heavy atom. The van der Waals surface area contributed by atoms with Gasteiger partial charge in [0.1, 0.15) is 5.82 Å². The summed E-state index contributed by atoms with van der Waals surface area (Å²) in [6.45, 7) is 2.14. The Balaban J connectivity index is 1.73. The highest BCUT2D eigenvalue weighted by molar-refractivity contribution is 5.98. The van der Waals surface area contributed by atoms with E-state index in [0.717, 1.165) is 11.1 Å². The van der Waals surface area contributed by atoms with Crippen LogP contribution in [0.5, 0.6) is 0 Å². The van der Waals surface area contributed by atoms with Crippen LogP contribution in [0.4, 0.5) is 4.39 Å². The molecule has 1 heteroatoms. The van der Waals surface area contributed by atoms with Crippen molar-refractivity contribution >= 4 is 0 Å². The molecule has 7 rings (SSSR count). The number of hydrogen-bond donors (Lipinski definition) is 0. The van der Waals surface area contributed by atoms with Crippen molar-refractivity contribution < 1.29 is 4.39 Å². The lowest BCUT2D eigenvalue weighted by molar-refractivity contribution is 0.622. The lowest BCUT2D eigenvalue weighted by atomic mass is 9.68. The molecule has 0 saturated heterocycles. The van der Waals surface area contributed by atoms with E-state index in [2.05, 4.69) is 97.9 Å². The van der Waals surface area contributed by atoms with Crippen molar-refractivity contribution in [1.29, 1.82) is 0 Å². The summed E-state index contributed by atoms with van der Waals surface area (Å²) < 4.78 is 14.9. The molecule has 1 unspecified atom stereocenters. The van der Waals surface area contributed by atoms with Crippen LogP contribution < -0.4 is 0 Å². The van der Waals surface area contributed by atoms with E-state index in [4.69, 9.17) is 0 Å². The number of rotatable bonds is 1. The summed E-state index contributed by atoms with van der Waals surface area (Å²) in [4.78, 5) is 0. The van der Waals surface area contributed by atoms with Crippen molar-refractivity contribution in [2.24, 2.45) is 0 Å². The Morgan fingerprint density at radius 1 is 0.515 bits per heavy atom. The van der Waals surface area contributed by atoms with E-state index < -0.39 is 5.41 Å². The van der Waals surface area contributed by atoms with E-state index in [1.165, 1.54) is 50.1 Å². The summed E-state index contributed by atoms with van der Waals surface area (Å²) in [6, 6.07) is 37.8. The maximum Gasteiger partial charge on any atom is 0.123 e. The molecule has 0 N–H and O–H groups in total. The van der Waals surface area contributed by atoms with Crippen LogP contribution in [0, 0.1) is 12.7 Å². The summed E-state index contributed by atoms with van der Waals surface area (Å²) in [6.07, 6.45) is 0. The maximum atomic E-state index is 14.9. The average molecular weight is 425 g/mol. The van der Waals surface area contributed by atoms with Crippen LogP contribution in [0.15, 0.2) is 109 Å². The number of benzene rings is 5. The van der Waals surface area contributed by atoms with Gasteiger partial charge in [0.2, 0.25) is 0 Å². The van der Waals surface area contributed by atoms with Crippen LogP contribution >= 0.6 is 0 Å². The fourth-order valence-corrected chi connectivity index (χ4v) is 6.19. The van der Waals surface area contributed by atoms with Gasteiger partial charge < -0.3 is 0 Å². The van der Waals surface area contributed by atoms with Gasteiger partial charge in [-0.2, -0.15) is 0 Å². The van der Waals surface area contributed by atoms with Crippen LogP contribution in [0.25, 0.3) is 33.4 Å². The third kappa shape index (κ3) is 2.29. The van der Waals surface area contributed by atoms with Gasteiger partial charge in [0.15, 0.2) is 0 Å². The fourth-order valence-electron chi connectivity index (χ4n) is 6.19. The van der Waals surface area contributed by atoms with E-state index in [-0.39, 0.29) is 5.82 Å². The first-order valence-electron chi connectivity index (χ1n) is 11.4. The van der Waals surface area contributed by atoms with E-state index in [1.807, 2.05) is 6.07 Å². The lowest BCUT2D eigenvalue weighted by Crippen LogP contribution is -2.27. The zero-order valence-corrected chi connectivity index (χ0v) is 18.3. The van der Waals surface area contributed by atoms with Crippen LogP contribution in [0.1, 0.15) is 27.8 Å². The highest BCUT2D eigenvalue weighted by Gasteiger charge is 2.52. The summed E-state index contributed by atoms with van der Waals surface area (Å²) in [5.74, 6) is -0.194. The predicted octanol–water partition coefficient (Wildman–Crippen LogP) is 8.14. The molecule has 156 valence electrons. The molecule has 0 saturated carbocycles. The first kappa shape index (κ1) is 18.6. The minimum absolute atomic E-state index is 0.194. The van der Waals surface area contributed by atoms with Gasteiger partial charge in [-0.25, -0.2) is 4.39 Å². The van der Waals surface area contributed by atoms with Gasteiger partial charge in [0.05, 0.1) is 5.41 Å². The molecule has 0 radical (unpaired) electrons. The van der Waals surface area contributed by atoms with E-state index in [0.29, 0.717) is 0 Å². The molecule has 2 aliphatic rings. The highest BCUT2D eigenvalue weighted by Crippen LogP contribution is 2.64. The van der Waals surface area contributed by atoms with Gasteiger partial charge in [-0.1, -0.05) is 103 Å². The number of fused-ring (bicyclic) bond motifs is 10. The van der Waals surface area contributed by atoms with Crippen molar-refractivity contribution in [1.82, 2.24) is 0 Å². The second-order valence-corrected chi connectivity index (χ2v) is 9.13. The Kier molecular flexibility index (Phi) is 3.67. The second kappa shape index (κ2) is 6.52. The van der Waals surface area contributed by atoms with Crippen LogP contribution in [0.2, 0.25) is 0 Å². The Labute approximate surface area is 193 Å². The molecular formula is C32H21F. The maximum absolute atomic E-state index is 14.9. The van der Waals surface area contributed by atoms with Gasteiger partial charge in [0, 0.05) is 0 Å². The predicted molar refractivity (Wildman–Crippen MR) is 133 cm³/mol. The number of halogens is 1. The minimum Gasteiger partial charge on any atom is -0.207 e. The SMILES string of the molecule is Cc1ccc2c(c1)C1(c3cc(F)ccc3-2)c2ccccc2-c2cccc(-c3ccccc3)c21. The lowest BCUT2D eigenvalue weighted by Gasteiger charge is -2.32. The van der Waals surface area contributed by atoms with E-state index in [9.17, 15) is 4.39 Å². The molecule has 2 aliphatic carbocycles. The molecule has 1 atom stereocenters. The Hall–Kier alpha value is -3.97. The largest absolute Gasteiger partial charge is 0.207 e. The summed E-state index contributed by atoms with van der Waals surface area (Å²) in [5.41, 5.74) is 12.6. The van der Waals surface area contributed by atoms with Gasteiger partial charge in [-0.3, -0.25) is 0 Å². The quantitative estimate of drug-likeness (QED) is 0.249. The molecule has 0 aliphatic heterocycles. The van der Waals surface area contributed by atoms with Gasteiger partial charge in [-0.05, 0) is 74.7 Å². The van der Waals surface area contributed by atoms with E-state index in [1.54, 1.807) is 12.1 Å². The monoisotopic (exact) mass is 424 g/mol. The van der Waals surface area contributed by atoms with Crippen molar-refractivity contribution in [2.45, 2.75) is 12.3 Å². The summed E-state index contributed by atoms with van der Waals surface area (Å²) in [7, 11) is 0. The molecular weight excluding hydrogens is 403 g/mol. The van der Waals surface area contributed by atoms with Crippen LogP contribution in [-0.4, -0.2) is 0 Å². The molecule has 5 aromatic rings. The molecule has 5 aromatic carbocycles. The fraction of sp³-hybridized carbons (Fsp3) is 0.0625. The summed E-state index contributed by atoms with van der Waals surface area (Å²) >= 11 is 0. The van der Waals surface area contributed by atoms with Crippen molar-refractivity contribution in [3.63, 3.8) is 0 Å². The third-order valence-electron chi connectivity index (χ3n) is 7.40. The molecule has 0 heterocycles. The first-order chi connectivity index (χ1) is 16.2. The molecule has 1 spiro atoms. The molecule has 0 nitrogen and oxygen atoms in total. The number of aryl methyl sites for hydroxylation is 1. The van der Waals surface area contributed by atoms with E-state index >= 15 is 0 Å². The Bertz CT molecular complexity index is 1520. The Morgan fingerprint density at radius 2 is 1.15 bits per heavy atom. The van der Waals surface area contributed by atoms with Gasteiger partial charge >= 0.3 is 0 Å². The second-order valence-electron chi connectivity index (χ2n) is 9.13. The molecule has 0 fully saturated rings. The number of hydrogen-bond acceptors (Lipinski definition) is 0. The topological polar surface area (TPSA) is 0 Å². The van der Waals surface area contributed by atoms with Crippen LogP contribution in [-0.2, 0) is 5.41 Å². The average Bonchev–Trinajstić information content (AvgIpc) is 3.31. The molecule has 0 aromatic heterocycles. The molecule has 0 bridgehead atoms. The molecule has 0 amide bonds. The highest BCUT2D eigenvalue weighted by atomic mass is 19.1. The van der Waals surface area contributed by atoms with Crippen molar-refractivity contribution in [3.8, 4) is 33.4 Å². The summed E-state index contributed by atoms with van der Waals surface area (Å²) in [5, 5.41) is 0. The third-order valence-corrected chi connectivity index (χ3v) is 7.40.